The second-order valence-corrected chi connectivity index (χ2v) is 4.77. The van der Waals surface area contributed by atoms with Gasteiger partial charge in [0.25, 0.3) is 5.69 Å². The first-order valence-corrected chi connectivity index (χ1v) is 6.49. The van der Waals surface area contributed by atoms with Gasteiger partial charge in [0.1, 0.15) is 0 Å². The van der Waals surface area contributed by atoms with Gasteiger partial charge in [-0.15, -0.1) is 0 Å². The number of nitrogens with one attached hydrogen (secondary N) is 1. The second kappa shape index (κ2) is 6.38. The Morgan fingerprint density at radius 3 is 2.33 bits per heavy atom. The molecule has 1 aromatic rings. The molecule has 1 aromatic carbocycles. The van der Waals surface area contributed by atoms with Gasteiger partial charge in [0.2, 0.25) is 0 Å². The lowest BCUT2D eigenvalue weighted by Gasteiger charge is -2.16. The highest BCUT2D eigenvalue weighted by Gasteiger charge is 2.13. The molecular formula is C14H22N2O2. The average molecular weight is 250 g/mol. The molecule has 0 radical (unpaired) electrons. The minimum atomic E-state index is -0.326. The number of aryl methyl sites for hydroxylation is 2. The Hall–Kier alpha value is -1.58. The van der Waals surface area contributed by atoms with Crippen molar-refractivity contribution in [1.82, 2.24) is 0 Å². The molecule has 0 bridgehead atoms. The lowest BCUT2D eigenvalue weighted by atomic mass is 10.0. The van der Waals surface area contributed by atoms with Crippen molar-refractivity contribution >= 4 is 11.4 Å². The van der Waals surface area contributed by atoms with Crippen LogP contribution in [-0.2, 0) is 0 Å². The fourth-order valence-corrected chi connectivity index (χ4v) is 2.02. The maximum absolute atomic E-state index is 10.8. The fraction of sp³-hybridized carbons (Fsp3) is 0.571. The molecular weight excluding hydrogens is 228 g/mol. The zero-order chi connectivity index (χ0) is 13.7. The van der Waals surface area contributed by atoms with E-state index in [0.717, 1.165) is 30.6 Å². The largest absolute Gasteiger partial charge is 0.385 e. The maximum atomic E-state index is 10.8. The third-order valence-electron chi connectivity index (χ3n) is 3.48. The quantitative estimate of drug-likeness (QED) is 0.612. The van der Waals surface area contributed by atoms with Crippen molar-refractivity contribution in [3.05, 3.63) is 33.4 Å². The number of hydrogen-bond acceptors (Lipinski definition) is 3. The molecule has 0 aliphatic heterocycles. The van der Waals surface area contributed by atoms with Gasteiger partial charge >= 0.3 is 0 Å². The first-order valence-electron chi connectivity index (χ1n) is 6.49. The van der Waals surface area contributed by atoms with Crippen LogP contribution in [0, 0.1) is 29.9 Å². The zero-order valence-electron chi connectivity index (χ0n) is 11.6. The molecule has 100 valence electrons. The lowest BCUT2D eigenvalue weighted by Crippen LogP contribution is -2.13. The predicted octanol–water partition coefficient (Wildman–Crippen LogP) is 4.06. The Balaban J connectivity index is 2.85. The van der Waals surface area contributed by atoms with Crippen LogP contribution in [0.3, 0.4) is 0 Å². The number of nitro groups is 1. The molecule has 0 aliphatic rings. The molecule has 4 heteroatoms. The molecule has 0 atom stereocenters. The van der Waals surface area contributed by atoms with E-state index in [0.29, 0.717) is 11.5 Å². The van der Waals surface area contributed by atoms with E-state index in [2.05, 4.69) is 19.2 Å². The first-order chi connectivity index (χ1) is 8.49. The van der Waals surface area contributed by atoms with Gasteiger partial charge in [0, 0.05) is 23.9 Å². The van der Waals surface area contributed by atoms with E-state index >= 15 is 0 Å². The van der Waals surface area contributed by atoms with E-state index in [1.807, 2.05) is 13.0 Å². The van der Waals surface area contributed by atoms with Crippen molar-refractivity contribution in [2.24, 2.45) is 5.92 Å². The van der Waals surface area contributed by atoms with E-state index in [-0.39, 0.29) is 10.6 Å². The smallest absolute Gasteiger partial charge is 0.272 e. The van der Waals surface area contributed by atoms with Crippen molar-refractivity contribution in [3.8, 4) is 0 Å². The van der Waals surface area contributed by atoms with Crippen molar-refractivity contribution in [2.75, 3.05) is 11.9 Å². The highest BCUT2D eigenvalue weighted by molar-refractivity contribution is 5.59. The van der Waals surface area contributed by atoms with Crippen molar-refractivity contribution in [1.29, 1.82) is 0 Å². The summed E-state index contributed by atoms with van der Waals surface area (Å²) in [6.45, 7) is 8.97. The zero-order valence-corrected chi connectivity index (χ0v) is 11.6. The summed E-state index contributed by atoms with van der Waals surface area (Å²) in [6, 6.07) is 3.51. The first kappa shape index (κ1) is 14.5. The van der Waals surface area contributed by atoms with E-state index in [1.54, 1.807) is 13.0 Å². The summed E-state index contributed by atoms with van der Waals surface area (Å²) in [5.41, 5.74) is 2.83. The summed E-state index contributed by atoms with van der Waals surface area (Å²) >= 11 is 0. The molecule has 0 aromatic heterocycles. The van der Waals surface area contributed by atoms with Gasteiger partial charge in [-0.3, -0.25) is 10.1 Å². The highest BCUT2D eigenvalue weighted by Crippen LogP contribution is 2.26. The van der Waals surface area contributed by atoms with Gasteiger partial charge in [-0.05, 0) is 31.4 Å². The SMILES string of the molecule is CCC(CC)CNc1cc(C)c([N+](=O)[O-])cc1C. The Morgan fingerprint density at radius 1 is 1.22 bits per heavy atom. The summed E-state index contributed by atoms with van der Waals surface area (Å²) in [6.07, 6.45) is 2.29. The number of nitro benzene ring substituents is 1. The van der Waals surface area contributed by atoms with Gasteiger partial charge in [-0.2, -0.15) is 0 Å². The van der Waals surface area contributed by atoms with Crippen LogP contribution in [0.15, 0.2) is 12.1 Å². The average Bonchev–Trinajstić information content (AvgIpc) is 2.33. The van der Waals surface area contributed by atoms with E-state index in [1.165, 1.54) is 0 Å². The Kier molecular flexibility index (Phi) is 5.13. The Bertz CT molecular complexity index is 426. The van der Waals surface area contributed by atoms with E-state index in [9.17, 15) is 10.1 Å². The van der Waals surface area contributed by atoms with Crippen LogP contribution in [-0.4, -0.2) is 11.5 Å². The fourth-order valence-electron chi connectivity index (χ4n) is 2.02. The Morgan fingerprint density at radius 2 is 1.83 bits per heavy atom. The van der Waals surface area contributed by atoms with Crippen molar-refractivity contribution in [2.45, 2.75) is 40.5 Å². The van der Waals surface area contributed by atoms with Crippen LogP contribution in [0.2, 0.25) is 0 Å². The second-order valence-electron chi connectivity index (χ2n) is 4.77. The molecule has 0 unspecified atom stereocenters. The number of nitrogens with zero attached hydrogens (tertiary/aromatic N) is 1. The van der Waals surface area contributed by atoms with E-state index < -0.39 is 0 Å². The normalized spacial score (nSPS) is 10.7. The van der Waals surface area contributed by atoms with Gasteiger partial charge < -0.3 is 5.32 Å². The minimum Gasteiger partial charge on any atom is -0.385 e. The molecule has 0 amide bonds. The molecule has 1 N–H and O–H groups in total. The molecule has 0 heterocycles. The third kappa shape index (κ3) is 3.45. The molecule has 0 fully saturated rings. The summed E-state index contributed by atoms with van der Waals surface area (Å²) in [5, 5.41) is 14.2. The van der Waals surface area contributed by atoms with Gasteiger partial charge in [0.05, 0.1) is 4.92 Å². The molecule has 0 spiro atoms. The van der Waals surface area contributed by atoms with Crippen LogP contribution in [0.25, 0.3) is 0 Å². The lowest BCUT2D eigenvalue weighted by molar-refractivity contribution is -0.385. The number of benzene rings is 1. The highest BCUT2D eigenvalue weighted by atomic mass is 16.6. The van der Waals surface area contributed by atoms with Crippen LogP contribution < -0.4 is 5.32 Å². The third-order valence-corrected chi connectivity index (χ3v) is 3.48. The molecule has 18 heavy (non-hydrogen) atoms. The number of rotatable bonds is 6. The van der Waals surface area contributed by atoms with E-state index in [4.69, 9.17) is 0 Å². The molecule has 0 saturated heterocycles. The summed E-state index contributed by atoms with van der Waals surface area (Å²) in [7, 11) is 0. The summed E-state index contributed by atoms with van der Waals surface area (Å²) in [5.74, 6) is 0.653. The molecule has 0 saturated carbocycles. The molecule has 0 aliphatic carbocycles. The predicted molar refractivity (Wildman–Crippen MR) is 75.1 cm³/mol. The molecule has 1 rings (SSSR count). The van der Waals surface area contributed by atoms with Crippen molar-refractivity contribution < 1.29 is 4.92 Å². The number of hydrogen-bond donors (Lipinski definition) is 1. The van der Waals surface area contributed by atoms with Gasteiger partial charge in [-0.25, -0.2) is 0 Å². The van der Waals surface area contributed by atoms with Crippen LogP contribution >= 0.6 is 0 Å². The van der Waals surface area contributed by atoms with Crippen LogP contribution in [0.1, 0.15) is 37.8 Å². The Labute approximate surface area is 109 Å². The van der Waals surface area contributed by atoms with Crippen LogP contribution in [0.4, 0.5) is 11.4 Å². The number of anilines is 1. The summed E-state index contributed by atoms with van der Waals surface area (Å²) < 4.78 is 0. The topological polar surface area (TPSA) is 55.2 Å². The van der Waals surface area contributed by atoms with Crippen molar-refractivity contribution in [3.63, 3.8) is 0 Å². The minimum absolute atomic E-state index is 0.195. The standard InChI is InChI=1S/C14H22N2O2/c1-5-12(6-2)9-15-13-7-11(4)14(16(17)18)8-10(13)3/h7-8,12,15H,5-6,9H2,1-4H3. The molecule has 4 nitrogen and oxygen atoms in total. The summed E-state index contributed by atoms with van der Waals surface area (Å²) in [4.78, 5) is 10.5. The van der Waals surface area contributed by atoms with Gasteiger partial charge in [-0.1, -0.05) is 26.7 Å². The van der Waals surface area contributed by atoms with Crippen LogP contribution in [0.5, 0.6) is 0 Å². The van der Waals surface area contributed by atoms with Gasteiger partial charge in [0.15, 0.2) is 0 Å². The monoisotopic (exact) mass is 250 g/mol. The maximum Gasteiger partial charge on any atom is 0.272 e.